The van der Waals surface area contributed by atoms with Gasteiger partial charge in [0, 0.05) is 19.3 Å². The Bertz CT molecular complexity index is 998. The summed E-state index contributed by atoms with van der Waals surface area (Å²) in [5.74, 6) is -0.836. The maximum atomic E-state index is 12.8. The molecule has 0 aliphatic carbocycles. The van der Waals surface area contributed by atoms with Crippen LogP contribution in [0.5, 0.6) is 0 Å². The van der Waals surface area contributed by atoms with Crippen LogP contribution >= 0.6 is 0 Å². The van der Waals surface area contributed by atoms with Crippen LogP contribution in [-0.4, -0.2) is 37.2 Å². The van der Waals surface area contributed by atoms with E-state index in [1.807, 2.05) is 0 Å². The van der Waals surface area contributed by atoms with Crippen LogP contribution in [0.2, 0.25) is 0 Å². The smallest absolute Gasteiger partial charge is 0.306 e. The summed E-state index contributed by atoms with van der Waals surface area (Å²) in [5, 5.41) is 0. The Hall–Kier alpha value is -1.59. The van der Waals surface area contributed by atoms with Crippen LogP contribution in [0.3, 0.4) is 0 Å². The maximum absolute atomic E-state index is 12.8. The zero-order valence-electron chi connectivity index (χ0n) is 45.7. The summed E-state index contributed by atoms with van der Waals surface area (Å²) in [7, 11) is 0. The molecule has 0 aromatic carbocycles. The standard InChI is InChI=1S/C61H118O6/c1-4-7-10-13-16-19-21-23-25-26-27-28-29-30-31-32-33-34-36-37-39-42-45-48-51-54-60(63)66-57-58(56-65-59(62)53-50-47-44-41-18-15-12-9-6-3)67-61(64)55-52-49-46-43-40-38-35-24-22-20-17-14-11-8-5-2/h58H,4-57H2,1-3H3. The molecule has 6 nitrogen and oxygen atoms in total. The molecule has 0 saturated carbocycles. The molecule has 0 N–H and O–H groups in total. The fourth-order valence-corrected chi connectivity index (χ4v) is 9.51. The van der Waals surface area contributed by atoms with E-state index in [0.717, 1.165) is 57.8 Å². The van der Waals surface area contributed by atoms with Gasteiger partial charge < -0.3 is 14.2 Å². The number of carbonyl (C=O) groups is 3. The van der Waals surface area contributed by atoms with Crippen molar-refractivity contribution in [3.63, 3.8) is 0 Å². The summed E-state index contributed by atoms with van der Waals surface area (Å²) in [6.45, 7) is 6.69. The van der Waals surface area contributed by atoms with Crippen LogP contribution in [-0.2, 0) is 28.6 Å². The maximum Gasteiger partial charge on any atom is 0.306 e. The van der Waals surface area contributed by atoms with E-state index in [9.17, 15) is 14.4 Å². The number of ether oxygens (including phenoxy) is 3. The number of esters is 3. The van der Waals surface area contributed by atoms with Gasteiger partial charge in [0.25, 0.3) is 0 Å². The first-order chi connectivity index (χ1) is 33.0. The van der Waals surface area contributed by atoms with Gasteiger partial charge in [-0.3, -0.25) is 14.4 Å². The fraction of sp³-hybridized carbons (Fsp3) is 0.951. The first-order valence-electron chi connectivity index (χ1n) is 30.5. The SMILES string of the molecule is CCCCCCCCCCCCCCCCCCCCCCCCCCCC(=O)OCC(COC(=O)CCCCCCCCCCC)OC(=O)CCCCCCCCCCCCCCCCC. The second kappa shape index (κ2) is 57.0. The molecule has 0 bridgehead atoms. The largest absolute Gasteiger partial charge is 0.462 e. The lowest BCUT2D eigenvalue weighted by molar-refractivity contribution is -0.167. The van der Waals surface area contributed by atoms with Gasteiger partial charge in [0.15, 0.2) is 6.10 Å². The van der Waals surface area contributed by atoms with E-state index in [1.165, 1.54) is 257 Å². The van der Waals surface area contributed by atoms with E-state index in [1.54, 1.807) is 0 Å². The highest BCUT2D eigenvalue weighted by Crippen LogP contribution is 2.18. The lowest BCUT2D eigenvalue weighted by Gasteiger charge is -2.18. The molecular formula is C61H118O6. The minimum Gasteiger partial charge on any atom is -0.462 e. The molecule has 0 aliphatic rings. The van der Waals surface area contributed by atoms with Gasteiger partial charge in [-0.05, 0) is 19.3 Å². The predicted octanol–water partition coefficient (Wildman–Crippen LogP) is 20.3. The van der Waals surface area contributed by atoms with Crippen molar-refractivity contribution in [2.45, 2.75) is 361 Å². The van der Waals surface area contributed by atoms with Crippen LogP contribution in [0.4, 0.5) is 0 Å². The first kappa shape index (κ1) is 65.4. The number of hydrogen-bond acceptors (Lipinski definition) is 6. The van der Waals surface area contributed by atoms with Crippen LogP contribution in [0.25, 0.3) is 0 Å². The third kappa shape index (κ3) is 55.2. The summed E-state index contributed by atoms with van der Waals surface area (Å²) in [6.07, 6.45) is 64.1. The summed E-state index contributed by atoms with van der Waals surface area (Å²) in [5.41, 5.74) is 0. The average molecular weight is 948 g/mol. The number of hydrogen-bond donors (Lipinski definition) is 0. The van der Waals surface area contributed by atoms with Crippen molar-refractivity contribution < 1.29 is 28.6 Å². The van der Waals surface area contributed by atoms with Gasteiger partial charge in [-0.2, -0.15) is 0 Å². The van der Waals surface area contributed by atoms with Gasteiger partial charge in [0.05, 0.1) is 0 Å². The molecule has 0 fully saturated rings. The Morgan fingerprint density at radius 1 is 0.239 bits per heavy atom. The van der Waals surface area contributed by atoms with Crippen LogP contribution in [0, 0.1) is 0 Å². The molecule has 0 rings (SSSR count). The molecule has 398 valence electrons. The van der Waals surface area contributed by atoms with Crippen molar-refractivity contribution >= 4 is 17.9 Å². The molecule has 1 unspecified atom stereocenters. The predicted molar refractivity (Wildman–Crippen MR) is 289 cm³/mol. The topological polar surface area (TPSA) is 78.9 Å². The van der Waals surface area contributed by atoms with E-state index in [4.69, 9.17) is 14.2 Å². The molecule has 0 aliphatic heterocycles. The Balaban J connectivity index is 4.10. The second-order valence-corrected chi connectivity index (χ2v) is 21.0. The Labute approximate surface area is 418 Å². The van der Waals surface area contributed by atoms with E-state index in [0.29, 0.717) is 19.3 Å². The van der Waals surface area contributed by atoms with E-state index < -0.39 is 6.10 Å². The fourth-order valence-electron chi connectivity index (χ4n) is 9.51. The first-order valence-corrected chi connectivity index (χ1v) is 30.5. The van der Waals surface area contributed by atoms with Crippen molar-refractivity contribution in [2.24, 2.45) is 0 Å². The molecule has 0 amide bonds. The highest BCUT2D eigenvalue weighted by molar-refractivity contribution is 5.71. The molecule has 1 atom stereocenters. The summed E-state index contributed by atoms with van der Waals surface area (Å²) >= 11 is 0. The monoisotopic (exact) mass is 947 g/mol. The average Bonchev–Trinajstić information content (AvgIpc) is 3.33. The van der Waals surface area contributed by atoms with Gasteiger partial charge in [-0.25, -0.2) is 0 Å². The Kier molecular flexibility index (Phi) is 55.6. The minimum absolute atomic E-state index is 0.0613. The molecule has 67 heavy (non-hydrogen) atoms. The molecule has 6 heteroatoms. The van der Waals surface area contributed by atoms with Crippen molar-refractivity contribution in [1.82, 2.24) is 0 Å². The summed E-state index contributed by atoms with van der Waals surface area (Å²) in [6, 6.07) is 0. The molecule has 0 aromatic rings. The Morgan fingerprint density at radius 3 is 0.597 bits per heavy atom. The number of rotatable bonds is 57. The molecule has 0 spiro atoms. The highest BCUT2D eigenvalue weighted by Gasteiger charge is 2.19. The van der Waals surface area contributed by atoms with Gasteiger partial charge >= 0.3 is 17.9 Å². The van der Waals surface area contributed by atoms with E-state index >= 15 is 0 Å². The number of carbonyl (C=O) groups excluding carboxylic acids is 3. The van der Waals surface area contributed by atoms with Crippen molar-refractivity contribution in [1.29, 1.82) is 0 Å². The van der Waals surface area contributed by atoms with Crippen molar-refractivity contribution in [3.8, 4) is 0 Å². The van der Waals surface area contributed by atoms with E-state index in [2.05, 4.69) is 20.8 Å². The quantitative estimate of drug-likeness (QED) is 0.0343. The van der Waals surface area contributed by atoms with Crippen LogP contribution in [0.1, 0.15) is 355 Å². The molecular weight excluding hydrogens is 829 g/mol. The normalized spacial score (nSPS) is 11.9. The van der Waals surface area contributed by atoms with Crippen molar-refractivity contribution in [2.75, 3.05) is 13.2 Å². The number of unbranched alkanes of at least 4 members (excludes halogenated alkanes) is 46. The van der Waals surface area contributed by atoms with Gasteiger partial charge in [-0.15, -0.1) is 0 Å². The summed E-state index contributed by atoms with van der Waals surface area (Å²) in [4.78, 5) is 38.1. The van der Waals surface area contributed by atoms with Gasteiger partial charge in [-0.1, -0.05) is 316 Å². The minimum atomic E-state index is -0.760. The third-order valence-electron chi connectivity index (χ3n) is 14.1. The lowest BCUT2D eigenvalue weighted by atomic mass is 10.0. The zero-order chi connectivity index (χ0) is 48.6. The zero-order valence-corrected chi connectivity index (χ0v) is 45.7. The van der Waals surface area contributed by atoms with Gasteiger partial charge in [0.1, 0.15) is 13.2 Å². The molecule has 0 radical (unpaired) electrons. The third-order valence-corrected chi connectivity index (χ3v) is 14.1. The molecule has 0 aromatic heterocycles. The Morgan fingerprint density at radius 2 is 0.403 bits per heavy atom. The lowest BCUT2D eigenvalue weighted by Crippen LogP contribution is -2.30. The molecule has 0 heterocycles. The summed E-state index contributed by atoms with van der Waals surface area (Å²) < 4.78 is 16.9. The van der Waals surface area contributed by atoms with Crippen molar-refractivity contribution in [3.05, 3.63) is 0 Å². The second-order valence-electron chi connectivity index (χ2n) is 21.0. The van der Waals surface area contributed by atoms with Crippen LogP contribution < -0.4 is 0 Å². The molecule has 0 saturated heterocycles. The van der Waals surface area contributed by atoms with Crippen LogP contribution in [0.15, 0.2) is 0 Å². The van der Waals surface area contributed by atoms with Gasteiger partial charge in [0.2, 0.25) is 0 Å². The van der Waals surface area contributed by atoms with E-state index in [-0.39, 0.29) is 31.1 Å². The highest BCUT2D eigenvalue weighted by atomic mass is 16.6.